The molecule has 5 rings (SSSR count). The van der Waals surface area contributed by atoms with Crippen LogP contribution in [0.15, 0.2) is 36.4 Å². The molecule has 0 aromatic heterocycles. The second-order valence-electron chi connectivity index (χ2n) is 10.2. The minimum Gasteiger partial charge on any atom is -0.506 e. The third-order valence-corrected chi connectivity index (χ3v) is 6.97. The minimum atomic E-state index is -0.416. The summed E-state index contributed by atoms with van der Waals surface area (Å²) in [5, 5.41) is 11.0. The monoisotopic (exact) mass is 403 g/mol. The summed E-state index contributed by atoms with van der Waals surface area (Å²) >= 11 is 0. The Hall–Kier alpha value is -2.95. The highest BCUT2D eigenvalue weighted by Crippen LogP contribution is 2.53. The van der Waals surface area contributed by atoms with E-state index in [-0.39, 0.29) is 56.6 Å². The number of phenols is 1. The molecule has 1 N–H and O–H groups in total. The van der Waals surface area contributed by atoms with Crippen molar-refractivity contribution in [3.05, 3.63) is 64.2 Å². The Labute approximate surface area is 175 Å². The fourth-order valence-corrected chi connectivity index (χ4v) is 6.19. The topological polar surface area (TPSA) is 74.7 Å². The fraction of sp³-hybridized carbons (Fsp3) is 0.400. The lowest BCUT2D eigenvalue weighted by Gasteiger charge is -2.39. The average Bonchev–Trinajstić information content (AvgIpc) is 2.94. The van der Waals surface area contributed by atoms with Gasteiger partial charge in [-0.15, -0.1) is 0 Å². The Kier molecular flexibility index (Phi) is 3.83. The van der Waals surface area contributed by atoms with Crippen molar-refractivity contribution in [2.24, 2.45) is 10.8 Å². The Morgan fingerprint density at radius 1 is 0.967 bits per heavy atom. The van der Waals surface area contributed by atoms with E-state index < -0.39 is 5.78 Å². The maximum absolute atomic E-state index is 13.5. The van der Waals surface area contributed by atoms with Crippen molar-refractivity contribution in [2.45, 2.75) is 46.1 Å². The van der Waals surface area contributed by atoms with Gasteiger partial charge in [0.25, 0.3) is 5.91 Å². The van der Waals surface area contributed by atoms with Crippen LogP contribution >= 0.6 is 0 Å². The molecular formula is C25H25NO4. The Bertz CT molecular complexity index is 1130. The number of phenolic OH excluding ortho intramolecular Hbond substituents is 1. The molecule has 2 bridgehead atoms. The normalized spacial score (nSPS) is 26.4. The third kappa shape index (κ3) is 2.64. The maximum atomic E-state index is 13.5. The third-order valence-electron chi connectivity index (χ3n) is 6.97. The molecule has 2 aliphatic carbocycles. The summed E-state index contributed by atoms with van der Waals surface area (Å²) in [5.74, 6) is -1.36. The molecule has 2 aromatic carbocycles. The van der Waals surface area contributed by atoms with Gasteiger partial charge in [-0.3, -0.25) is 14.4 Å². The van der Waals surface area contributed by atoms with Crippen LogP contribution in [0.4, 0.5) is 0 Å². The fourth-order valence-electron chi connectivity index (χ4n) is 6.19. The number of likely N-dealkylation sites (tertiary alicyclic amines) is 1. The van der Waals surface area contributed by atoms with Gasteiger partial charge < -0.3 is 10.0 Å². The molecule has 2 aromatic rings. The van der Waals surface area contributed by atoms with Crippen LogP contribution in [0.1, 0.15) is 82.2 Å². The van der Waals surface area contributed by atoms with Crippen LogP contribution < -0.4 is 0 Å². The molecule has 1 saturated carbocycles. The van der Waals surface area contributed by atoms with Gasteiger partial charge in [0.05, 0.1) is 11.1 Å². The molecule has 154 valence electrons. The molecule has 1 saturated heterocycles. The van der Waals surface area contributed by atoms with Crippen molar-refractivity contribution in [1.82, 2.24) is 4.90 Å². The number of benzene rings is 2. The summed E-state index contributed by atoms with van der Waals surface area (Å²) in [6, 6.07) is 9.71. The number of rotatable bonds is 1. The first-order valence-corrected chi connectivity index (χ1v) is 10.5. The second kappa shape index (κ2) is 6.03. The van der Waals surface area contributed by atoms with E-state index in [0.29, 0.717) is 12.1 Å². The van der Waals surface area contributed by atoms with Crippen LogP contribution in [0.2, 0.25) is 0 Å². The number of carbonyl (C=O) groups is 3. The standard InChI is InChI=1S/C25H25NO4/c1-24(2)10-14-11-25(3,12-24)13-26(14)23(30)18-9-8-17-19(22(18)29)21(28)16-7-5-4-6-15(16)20(17)27/h4-9,14,29H,10-13H2,1-3H3. The molecular weight excluding hydrogens is 378 g/mol. The first-order valence-electron chi connectivity index (χ1n) is 10.5. The van der Waals surface area contributed by atoms with Crippen LogP contribution in [0.3, 0.4) is 0 Å². The lowest BCUT2D eigenvalue weighted by Crippen LogP contribution is -2.38. The van der Waals surface area contributed by atoms with Crippen LogP contribution in [-0.2, 0) is 0 Å². The molecule has 3 aliphatic rings. The Morgan fingerprint density at radius 3 is 2.33 bits per heavy atom. The summed E-state index contributed by atoms with van der Waals surface area (Å²) in [7, 11) is 0. The number of carbonyl (C=O) groups excluding carboxylic acids is 3. The molecule has 2 atom stereocenters. The first-order chi connectivity index (χ1) is 14.1. The minimum absolute atomic E-state index is 0.0572. The van der Waals surface area contributed by atoms with Crippen LogP contribution in [0.25, 0.3) is 0 Å². The second-order valence-corrected chi connectivity index (χ2v) is 10.2. The van der Waals surface area contributed by atoms with E-state index in [0.717, 1.165) is 19.3 Å². The van der Waals surface area contributed by atoms with Gasteiger partial charge in [-0.25, -0.2) is 0 Å². The molecule has 1 heterocycles. The van der Waals surface area contributed by atoms with Gasteiger partial charge in [-0.05, 0) is 42.2 Å². The van der Waals surface area contributed by atoms with E-state index in [2.05, 4.69) is 20.8 Å². The van der Waals surface area contributed by atoms with Crippen molar-refractivity contribution >= 4 is 17.5 Å². The summed E-state index contributed by atoms with van der Waals surface area (Å²) in [6.45, 7) is 7.35. The predicted molar refractivity (Wildman–Crippen MR) is 112 cm³/mol. The van der Waals surface area contributed by atoms with Gasteiger partial charge in [0.15, 0.2) is 11.6 Å². The molecule has 1 aliphatic heterocycles. The average molecular weight is 403 g/mol. The smallest absolute Gasteiger partial charge is 0.257 e. The van der Waals surface area contributed by atoms with E-state index in [1.54, 1.807) is 24.3 Å². The number of fused-ring (bicyclic) bond motifs is 4. The number of hydrogen-bond donors (Lipinski definition) is 1. The van der Waals surface area contributed by atoms with Gasteiger partial charge in [0.2, 0.25) is 0 Å². The van der Waals surface area contributed by atoms with Crippen molar-refractivity contribution in [1.29, 1.82) is 0 Å². The zero-order valence-electron chi connectivity index (χ0n) is 17.5. The van der Waals surface area contributed by atoms with Gasteiger partial charge in [-0.1, -0.05) is 45.0 Å². The highest BCUT2D eigenvalue weighted by atomic mass is 16.3. The lowest BCUT2D eigenvalue weighted by atomic mass is 9.65. The van der Waals surface area contributed by atoms with E-state index in [1.807, 2.05) is 4.90 Å². The van der Waals surface area contributed by atoms with E-state index in [4.69, 9.17) is 0 Å². The molecule has 1 amide bonds. The van der Waals surface area contributed by atoms with Gasteiger partial charge in [-0.2, -0.15) is 0 Å². The van der Waals surface area contributed by atoms with E-state index >= 15 is 0 Å². The molecule has 30 heavy (non-hydrogen) atoms. The van der Waals surface area contributed by atoms with Gasteiger partial charge >= 0.3 is 0 Å². The van der Waals surface area contributed by atoms with Crippen LogP contribution in [0.5, 0.6) is 5.75 Å². The van der Waals surface area contributed by atoms with Crippen molar-refractivity contribution < 1.29 is 19.5 Å². The van der Waals surface area contributed by atoms with Crippen molar-refractivity contribution in [3.8, 4) is 5.75 Å². The van der Waals surface area contributed by atoms with Gasteiger partial charge in [0.1, 0.15) is 5.75 Å². The van der Waals surface area contributed by atoms with Gasteiger partial charge in [0, 0.05) is 29.3 Å². The Morgan fingerprint density at radius 2 is 1.63 bits per heavy atom. The molecule has 5 nitrogen and oxygen atoms in total. The molecule has 0 spiro atoms. The highest BCUT2D eigenvalue weighted by molar-refractivity contribution is 6.30. The Balaban J connectivity index is 1.56. The summed E-state index contributed by atoms with van der Waals surface area (Å²) in [5.41, 5.74) is 1.02. The van der Waals surface area contributed by atoms with Crippen LogP contribution in [0, 0.1) is 10.8 Å². The van der Waals surface area contributed by atoms with Crippen molar-refractivity contribution in [2.75, 3.05) is 6.54 Å². The summed E-state index contributed by atoms with van der Waals surface area (Å²) in [4.78, 5) is 41.2. The number of ketones is 2. The molecule has 5 heteroatoms. The highest BCUT2D eigenvalue weighted by Gasteiger charge is 2.51. The molecule has 2 unspecified atom stereocenters. The molecule has 2 fully saturated rings. The van der Waals surface area contributed by atoms with Crippen LogP contribution in [-0.4, -0.2) is 40.1 Å². The maximum Gasteiger partial charge on any atom is 0.257 e. The largest absolute Gasteiger partial charge is 0.506 e. The van der Waals surface area contributed by atoms with E-state index in [1.165, 1.54) is 12.1 Å². The zero-order chi connectivity index (χ0) is 21.4. The SMILES string of the molecule is CC1(C)CC2CC(C)(CN2C(=O)c2ccc3c(c2O)C(=O)c2ccccc2C3=O)C1. The quantitative estimate of drug-likeness (QED) is 0.661. The number of hydrogen-bond acceptors (Lipinski definition) is 4. The predicted octanol–water partition coefficient (Wildman–Crippen LogP) is 4.21. The number of amides is 1. The number of aromatic hydroxyl groups is 1. The zero-order valence-corrected chi connectivity index (χ0v) is 17.5. The van der Waals surface area contributed by atoms with E-state index in [9.17, 15) is 19.5 Å². The first kappa shape index (κ1) is 19.0. The number of nitrogens with zero attached hydrogens (tertiary/aromatic N) is 1. The summed E-state index contributed by atoms with van der Waals surface area (Å²) < 4.78 is 0. The lowest BCUT2D eigenvalue weighted by molar-refractivity contribution is 0.0704. The van der Waals surface area contributed by atoms with Crippen molar-refractivity contribution in [3.63, 3.8) is 0 Å². The summed E-state index contributed by atoms with van der Waals surface area (Å²) in [6.07, 6.45) is 2.93. The molecule has 0 radical (unpaired) electrons.